The first-order valence-corrected chi connectivity index (χ1v) is 5.29. The fraction of sp³-hybridized carbons (Fsp3) is 0.273. The van der Waals surface area contributed by atoms with Gasteiger partial charge in [0.25, 0.3) is 5.72 Å². The van der Waals surface area contributed by atoms with Crippen molar-refractivity contribution in [1.82, 2.24) is 0 Å². The van der Waals surface area contributed by atoms with Gasteiger partial charge in [-0.05, 0) is 0 Å². The molecule has 0 aromatic heterocycles. The highest BCUT2D eigenvalue weighted by molar-refractivity contribution is 6.68. The molecule has 1 aromatic carbocycles. The lowest BCUT2D eigenvalue weighted by Crippen LogP contribution is -2.42. The molecule has 1 aliphatic heterocycles. The molecule has 0 aliphatic carbocycles. The SMILES string of the molecule is O=CC1OC(c2ccccc2)(C(F)(F)F)N=C1Cl. The number of carbonyl (C=O) groups excluding carboxylic acids is 1. The van der Waals surface area contributed by atoms with E-state index in [9.17, 15) is 18.0 Å². The quantitative estimate of drug-likeness (QED) is 0.780. The topological polar surface area (TPSA) is 38.7 Å². The smallest absolute Gasteiger partial charge is 0.324 e. The van der Waals surface area contributed by atoms with E-state index in [-0.39, 0.29) is 11.8 Å². The first-order chi connectivity index (χ1) is 8.40. The van der Waals surface area contributed by atoms with Gasteiger partial charge in [0, 0.05) is 5.56 Å². The van der Waals surface area contributed by atoms with Crippen molar-refractivity contribution >= 4 is 23.1 Å². The van der Waals surface area contributed by atoms with Crippen LogP contribution in [-0.4, -0.2) is 23.7 Å². The van der Waals surface area contributed by atoms with E-state index in [0.717, 1.165) is 0 Å². The summed E-state index contributed by atoms with van der Waals surface area (Å²) in [6.45, 7) is 0. The molecular weight excluding hydrogens is 271 g/mol. The van der Waals surface area contributed by atoms with Gasteiger partial charge in [0.1, 0.15) is 5.17 Å². The lowest BCUT2D eigenvalue weighted by Gasteiger charge is -2.28. The summed E-state index contributed by atoms with van der Waals surface area (Å²) in [5.41, 5.74) is -3.13. The maximum Gasteiger partial charge on any atom is 0.443 e. The van der Waals surface area contributed by atoms with E-state index < -0.39 is 23.2 Å². The molecule has 0 bridgehead atoms. The van der Waals surface area contributed by atoms with Gasteiger partial charge in [-0.3, -0.25) is 4.79 Å². The first-order valence-electron chi connectivity index (χ1n) is 4.91. The summed E-state index contributed by atoms with van der Waals surface area (Å²) in [7, 11) is 0. The number of ether oxygens (including phenoxy) is 1. The molecule has 0 fully saturated rings. The van der Waals surface area contributed by atoms with Crippen molar-refractivity contribution in [2.45, 2.75) is 18.0 Å². The molecule has 2 unspecified atom stereocenters. The number of benzene rings is 1. The molecule has 18 heavy (non-hydrogen) atoms. The number of aliphatic imine (C=N–C) groups is 1. The number of hydrogen-bond acceptors (Lipinski definition) is 3. The van der Waals surface area contributed by atoms with Crippen LogP contribution in [0.1, 0.15) is 5.56 Å². The summed E-state index contributed by atoms with van der Waals surface area (Å²) in [6.07, 6.45) is -6.12. The third-order valence-corrected chi connectivity index (χ3v) is 2.77. The van der Waals surface area contributed by atoms with Crippen LogP contribution in [0.4, 0.5) is 13.2 Å². The van der Waals surface area contributed by atoms with E-state index in [4.69, 9.17) is 16.3 Å². The maximum absolute atomic E-state index is 13.2. The Morgan fingerprint density at radius 2 is 1.94 bits per heavy atom. The van der Waals surface area contributed by atoms with Gasteiger partial charge in [0.05, 0.1) is 0 Å². The van der Waals surface area contributed by atoms with Crippen LogP contribution in [0, 0.1) is 0 Å². The number of alkyl halides is 3. The Morgan fingerprint density at radius 1 is 1.33 bits per heavy atom. The van der Waals surface area contributed by atoms with E-state index in [1.165, 1.54) is 24.3 Å². The Hall–Kier alpha value is -1.40. The van der Waals surface area contributed by atoms with E-state index in [1.54, 1.807) is 6.07 Å². The first kappa shape index (κ1) is 13.0. The predicted octanol–water partition coefficient (Wildman–Crippen LogP) is 2.64. The van der Waals surface area contributed by atoms with Gasteiger partial charge in [-0.25, -0.2) is 4.99 Å². The molecule has 0 radical (unpaired) electrons. The van der Waals surface area contributed by atoms with Crippen LogP contribution in [-0.2, 0) is 15.3 Å². The number of halogens is 4. The van der Waals surface area contributed by atoms with Crippen molar-refractivity contribution in [2.24, 2.45) is 4.99 Å². The van der Waals surface area contributed by atoms with E-state index in [1.807, 2.05) is 0 Å². The highest BCUT2D eigenvalue weighted by Gasteiger charge is 2.62. The molecule has 0 saturated carbocycles. The zero-order valence-corrected chi connectivity index (χ0v) is 9.57. The van der Waals surface area contributed by atoms with E-state index >= 15 is 0 Å². The third kappa shape index (κ3) is 1.91. The van der Waals surface area contributed by atoms with Gasteiger partial charge in [-0.1, -0.05) is 41.9 Å². The Morgan fingerprint density at radius 3 is 2.39 bits per heavy atom. The fourth-order valence-electron chi connectivity index (χ4n) is 1.65. The number of rotatable bonds is 2. The summed E-state index contributed by atoms with van der Waals surface area (Å²) in [5.74, 6) is 0. The summed E-state index contributed by atoms with van der Waals surface area (Å²) < 4.78 is 44.3. The monoisotopic (exact) mass is 277 g/mol. The number of carbonyl (C=O) groups is 1. The van der Waals surface area contributed by atoms with Crippen LogP contribution in [0.3, 0.4) is 0 Å². The average molecular weight is 278 g/mol. The Bertz CT molecular complexity index is 489. The molecule has 1 aromatic rings. The summed E-state index contributed by atoms with van der Waals surface area (Å²) >= 11 is 5.51. The molecular formula is C11H7ClF3NO2. The van der Waals surface area contributed by atoms with Crippen LogP contribution in [0.15, 0.2) is 35.3 Å². The van der Waals surface area contributed by atoms with Crippen LogP contribution in [0.5, 0.6) is 0 Å². The van der Waals surface area contributed by atoms with Crippen LogP contribution >= 0.6 is 11.6 Å². The second kappa shape index (κ2) is 4.37. The second-order valence-corrected chi connectivity index (χ2v) is 4.00. The number of hydrogen-bond donors (Lipinski definition) is 0. The van der Waals surface area contributed by atoms with Gasteiger partial charge < -0.3 is 4.74 Å². The van der Waals surface area contributed by atoms with Gasteiger partial charge >= 0.3 is 6.18 Å². The van der Waals surface area contributed by atoms with Crippen molar-refractivity contribution in [3.63, 3.8) is 0 Å². The molecule has 0 saturated heterocycles. The Kier molecular flexibility index (Phi) is 3.16. The second-order valence-electron chi connectivity index (χ2n) is 3.62. The molecule has 1 aliphatic rings. The highest BCUT2D eigenvalue weighted by atomic mass is 35.5. The fourth-order valence-corrected chi connectivity index (χ4v) is 1.86. The number of nitrogens with zero attached hydrogens (tertiary/aromatic N) is 1. The third-order valence-electron chi connectivity index (χ3n) is 2.47. The van der Waals surface area contributed by atoms with Gasteiger partial charge in [-0.15, -0.1) is 0 Å². The molecule has 96 valence electrons. The lowest BCUT2D eigenvalue weighted by molar-refractivity contribution is -0.277. The Labute approximate surface area is 105 Å². The average Bonchev–Trinajstić information content (AvgIpc) is 2.68. The summed E-state index contributed by atoms with van der Waals surface area (Å²) in [4.78, 5) is 13.9. The van der Waals surface area contributed by atoms with Crippen LogP contribution < -0.4 is 0 Å². The zero-order chi connectivity index (χ0) is 13.4. The van der Waals surface area contributed by atoms with Crippen molar-refractivity contribution in [3.05, 3.63) is 35.9 Å². The van der Waals surface area contributed by atoms with E-state index in [0.29, 0.717) is 0 Å². The largest absolute Gasteiger partial charge is 0.443 e. The summed E-state index contributed by atoms with van der Waals surface area (Å²) in [6, 6.07) is 6.83. The molecule has 1 heterocycles. The minimum absolute atomic E-state index is 0.183. The minimum atomic E-state index is -4.81. The summed E-state index contributed by atoms with van der Waals surface area (Å²) in [5, 5.41) is -0.508. The standard InChI is InChI=1S/C11H7ClF3NO2/c12-9-8(6-17)18-10(16-9,11(13,14)15)7-4-2-1-3-5-7/h1-6,8H. The normalized spacial score (nSPS) is 28.0. The van der Waals surface area contributed by atoms with Crippen molar-refractivity contribution < 1.29 is 22.7 Å². The highest BCUT2D eigenvalue weighted by Crippen LogP contribution is 2.47. The molecule has 3 nitrogen and oxygen atoms in total. The predicted molar refractivity (Wildman–Crippen MR) is 58.4 cm³/mol. The molecule has 2 rings (SSSR count). The van der Waals surface area contributed by atoms with Gasteiger partial charge in [-0.2, -0.15) is 13.2 Å². The zero-order valence-electron chi connectivity index (χ0n) is 8.82. The van der Waals surface area contributed by atoms with Crippen molar-refractivity contribution in [2.75, 3.05) is 0 Å². The van der Waals surface area contributed by atoms with Crippen molar-refractivity contribution in [3.8, 4) is 0 Å². The molecule has 2 atom stereocenters. The molecule has 0 amide bonds. The maximum atomic E-state index is 13.2. The van der Waals surface area contributed by atoms with Crippen LogP contribution in [0.25, 0.3) is 0 Å². The minimum Gasteiger partial charge on any atom is -0.324 e. The lowest BCUT2D eigenvalue weighted by atomic mass is 10.0. The Balaban J connectivity index is 2.56. The van der Waals surface area contributed by atoms with E-state index in [2.05, 4.69) is 4.99 Å². The number of aldehydes is 1. The molecule has 0 N–H and O–H groups in total. The molecule has 0 spiro atoms. The van der Waals surface area contributed by atoms with Gasteiger partial charge in [0.15, 0.2) is 12.4 Å². The van der Waals surface area contributed by atoms with Crippen LogP contribution in [0.2, 0.25) is 0 Å². The molecule has 7 heteroatoms. The van der Waals surface area contributed by atoms with Gasteiger partial charge in [0.2, 0.25) is 0 Å². The van der Waals surface area contributed by atoms with Crippen molar-refractivity contribution in [1.29, 1.82) is 0 Å².